The summed E-state index contributed by atoms with van der Waals surface area (Å²) in [4.78, 5) is 38.2. The molecular weight excluding hydrogens is 364 g/mol. The largest absolute Gasteiger partial charge is 0.339 e. The quantitative estimate of drug-likeness (QED) is 0.778. The van der Waals surface area contributed by atoms with Gasteiger partial charge in [-0.05, 0) is 48.9 Å². The zero-order chi connectivity index (χ0) is 20.4. The Hall–Kier alpha value is -2.95. The van der Waals surface area contributed by atoms with Crippen molar-refractivity contribution in [2.45, 2.75) is 50.5 Å². The fourth-order valence-electron chi connectivity index (χ4n) is 4.50. The summed E-state index contributed by atoms with van der Waals surface area (Å²) < 4.78 is 0. The van der Waals surface area contributed by atoms with Crippen molar-refractivity contribution in [2.24, 2.45) is 5.92 Å². The number of hydrogen-bond donors (Lipinski definition) is 2. The second-order valence-electron chi connectivity index (χ2n) is 8.22. The van der Waals surface area contributed by atoms with E-state index >= 15 is 0 Å². The lowest BCUT2D eigenvalue weighted by Crippen LogP contribution is -2.40. The highest BCUT2D eigenvalue weighted by atomic mass is 16.2. The second kappa shape index (κ2) is 7.82. The van der Waals surface area contributed by atoms with E-state index in [9.17, 15) is 14.4 Å². The molecule has 29 heavy (non-hydrogen) atoms. The molecule has 2 amide bonds. The van der Waals surface area contributed by atoms with Gasteiger partial charge >= 0.3 is 0 Å². The van der Waals surface area contributed by atoms with Crippen LogP contribution in [0.15, 0.2) is 54.6 Å². The molecule has 2 aromatic carbocycles. The van der Waals surface area contributed by atoms with Crippen LogP contribution in [0.1, 0.15) is 56.1 Å². The van der Waals surface area contributed by atoms with E-state index in [-0.39, 0.29) is 0 Å². The first-order valence-corrected chi connectivity index (χ1v) is 10.3. The summed E-state index contributed by atoms with van der Waals surface area (Å²) in [6.07, 6.45) is 6.26. The van der Waals surface area contributed by atoms with Gasteiger partial charge in [0, 0.05) is 5.69 Å². The van der Waals surface area contributed by atoms with Crippen LogP contribution < -0.4 is 10.6 Å². The number of nitrogens with one attached hydrogen (secondary N) is 2. The number of ketones is 1. The number of benzene rings is 2. The molecule has 2 unspecified atom stereocenters. The van der Waals surface area contributed by atoms with Crippen molar-refractivity contribution in [3.63, 3.8) is 0 Å². The van der Waals surface area contributed by atoms with Gasteiger partial charge < -0.3 is 10.6 Å². The highest BCUT2D eigenvalue weighted by Crippen LogP contribution is 2.34. The Morgan fingerprint density at radius 3 is 2.28 bits per heavy atom. The Morgan fingerprint density at radius 2 is 1.62 bits per heavy atom. The first-order chi connectivity index (χ1) is 14.0. The molecular formula is C24H26N2O3. The molecule has 150 valence electrons. The van der Waals surface area contributed by atoms with E-state index in [1.807, 2.05) is 30.3 Å². The minimum Gasteiger partial charge on any atom is -0.339 e. The normalized spacial score (nSPS) is 24.9. The molecule has 2 atom stereocenters. The Labute approximate surface area is 170 Å². The van der Waals surface area contributed by atoms with Gasteiger partial charge in [-0.3, -0.25) is 14.4 Å². The van der Waals surface area contributed by atoms with Crippen LogP contribution in [0, 0.1) is 5.92 Å². The minimum atomic E-state index is -1.35. The number of carbonyl (C=O) groups excluding carboxylic acids is 3. The fraction of sp³-hybridized carbons (Fsp3) is 0.375. The predicted octanol–water partition coefficient (Wildman–Crippen LogP) is 3.90. The summed E-state index contributed by atoms with van der Waals surface area (Å²) in [6.45, 7) is 1.65. The third kappa shape index (κ3) is 3.69. The van der Waals surface area contributed by atoms with E-state index in [1.165, 1.54) is 37.7 Å². The van der Waals surface area contributed by atoms with Gasteiger partial charge in [-0.1, -0.05) is 61.7 Å². The van der Waals surface area contributed by atoms with Crippen molar-refractivity contribution in [1.82, 2.24) is 5.32 Å². The molecule has 1 saturated carbocycles. The standard InChI is InChI=1S/C24H26N2O3/c1-24(18-10-6-3-7-11-18)21(27)20(23(29)26-24)22(28)25-19-14-12-17(13-15-19)16-8-4-2-5-9-16/h3,6-7,10-16,20H,2,4-5,8-9H2,1H3,(H,25,28)(H,26,29). The third-order valence-electron chi connectivity index (χ3n) is 6.26. The van der Waals surface area contributed by atoms with E-state index < -0.39 is 29.1 Å². The molecule has 0 aromatic heterocycles. The molecule has 5 heteroatoms. The molecule has 2 aromatic rings. The van der Waals surface area contributed by atoms with Gasteiger partial charge in [0.2, 0.25) is 11.8 Å². The highest BCUT2D eigenvalue weighted by Gasteiger charge is 2.53. The number of carbonyl (C=O) groups is 3. The van der Waals surface area contributed by atoms with Crippen molar-refractivity contribution in [3.05, 3.63) is 65.7 Å². The van der Waals surface area contributed by atoms with Crippen LogP contribution in [0.3, 0.4) is 0 Å². The maximum absolute atomic E-state index is 13.0. The fourth-order valence-corrected chi connectivity index (χ4v) is 4.50. The first kappa shape index (κ1) is 19.4. The predicted molar refractivity (Wildman–Crippen MR) is 111 cm³/mol. The molecule has 1 aliphatic heterocycles. The maximum Gasteiger partial charge on any atom is 0.244 e. The number of anilines is 1. The van der Waals surface area contributed by atoms with Crippen molar-refractivity contribution >= 4 is 23.3 Å². The van der Waals surface area contributed by atoms with E-state index in [2.05, 4.69) is 10.6 Å². The van der Waals surface area contributed by atoms with Crippen molar-refractivity contribution in [3.8, 4) is 0 Å². The molecule has 0 spiro atoms. The lowest BCUT2D eigenvalue weighted by atomic mass is 9.84. The summed E-state index contributed by atoms with van der Waals surface area (Å²) in [5.74, 6) is -2.33. The van der Waals surface area contributed by atoms with E-state index in [0.29, 0.717) is 17.2 Å². The van der Waals surface area contributed by atoms with Crippen LogP contribution in [0.5, 0.6) is 0 Å². The van der Waals surface area contributed by atoms with E-state index in [4.69, 9.17) is 0 Å². The van der Waals surface area contributed by atoms with E-state index in [0.717, 1.165) is 0 Å². The molecule has 2 N–H and O–H groups in total. The average Bonchev–Trinajstić information content (AvgIpc) is 2.99. The van der Waals surface area contributed by atoms with E-state index in [1.54, 1.807) is 31.2 Å². The number of amides is 2. The van der Waals surface area contributed by atoms with Crippen LogP contribution in [0.2, 0.25) is 0 Å². The van der Waals surface area contributed by atoms with Crippen molar-refractivity contribution in [2.75, 3.05) is 5.32 Å². The van der Waals surface area contributed by atoms with Gasteiger partial charge in [0.05, 0.1) is 0 Å². The lowest BCUT2D eigenvalue weighted by molar-refractivity contribution is -0.135. The molecule has 1 heterocycles. The van der Waals surface area contributed by atoms with Crippen LogP contribution in [0.4, 0.5) is 5.69 Å². The lowest BCUT2D eigenvalue weighted by Gasteiger charge is -2.23. The SMILES string of the molecule is CC1(c2ccccc2)NC(=O)C(C(=O)Nc2ccc(C3CCCCC3)cc2)C1=O. The van der Waals surface area contributed by atoms with Gasteiger partial charge in [0.25, 0.3) is 0 Å². The van der Waals surface area contributed by atoms with Gasteiger partial charge in [0.1, 0.15) is 5.54 Å². The zero-order valence-electron chi connectivity index (χ0n) is 16.6. The van der Waals surface area contributed by atoms with Crippen LogP contribution in [0.25, 0.3) is 0 Å². The summed E-state index contributed by atoms with van der Waals surface area (Å²) in [5.41, 5.74) is 1.37. The Balaban J connectivity index is 1.47. The minimum absolute atomic E-state index is 0.426. The van der Waals surface area contributed by atoms with Crippen LogP contribution >= 0.6 is 0 Å². The Kier molecular flexibility index (Phi) is 5.22. The van der Waals surface area contributed by atoms with Crippen LogP contribution in [-0.2, 0) is 19.9 Å². The number of rotatable bonds is 4. The molecule has 0 bridgehead atoms. The van der Waals surface area contributed by atoms with Gasteiger partial charge in [-0.2, -0.15) is 0 Å². The highest BCUT2D eigenvalue weighted by molar-refractivity contribution is 6.27. The molecule has 2 aliphatic rings. The molecule has 5 nitrogen and oxygen atoms in total. The van der Waals surface area contributed by atoms with Gasteiger partial charge in [-0.15, -0.1) is 0 Å². The zero-order valence-corrected chi connectivity index (χ0v) is 16.6. The number of hydrogen-bond acceptors (Lipinski definition) is 3. The Bertz CT molecular complexity index is 917. The molecule has 2 fully saturated rings. The smallest absolute Gasteiger partial charge is 0.244 e. The summed E-state index contributed by atoms with van der Waals surface area (Å²) in [6, 6.07) is 16.8. The molecule has 1 aliphatic carbocycles. The molecule has 4 rings (SSSR count). The Morgan fingerprint density at radius 1 is 0.966 bits per heavy atom. The third-order valence-corrected chi connectivity index (χ3v) is 6.26. The molecule has 0 radical (unpaired) electrons. The topological polar surface area (TPSA) is 75.3 Å². The van der Waals surface area contributed by atoms with Gasteiger partial charge in [-0.25, -0.2) is 0 Å². The van der Waals surface area contributed by atoms with Crippen LogP contribution in [-0.4, -0.2) is 17.6 Å². The summed E-state index contributed by atoms with van der Waals surface area (Å²) in [5, 5.41) is 5.46. The monoisotopic (exact) mass is 390 g/mol. The first-order valence-electron chi connectivity index (χ1n) is 10.3. The van der Waals surface area contributed by atoms with Crippen molar-refractivity contribution < 1.29 is 14.4 Å². The molecule has 1 saturated heterocycles. The summed E-state index contributed by atoms with van der Waals surface area (Å²) >= 11 is 0. The van der Waals surface area contributed by atoms with Crippen molar-refractivity contribution in [1.29, 1.82) is 0 Å². The summed E-state index contributed by atoms with van der Waals surface area (Å²) in [7, 11) is 0. The average molecular weight is 390 g/mol. The maximum atomic E-state index is 13.0. The second-order valence-corrected chi connectivity index (χ2v) is 8.22. The number of Topliss-reactive ketones (excluding diaryl/α,β-unsaturated/α-hetero) is 1. The van der Waals surface area contributed by atoms with Gasteiger partial charge in [0.15, 0.2) is 11.7 Å².